The van der Waals surface area contributed by atoms with Gasteiger partial charge in [-0.2, -0.15) is 0 Å². The number of hydrogen-bond donors (Lipinski definition) is 0. The Labute approximate surface area is 224 Å². The summed E-state index contributed by atoms with van der Waals surface area (Å²) < 4.78 is 34.5. The molecule has 0 aliphatic carbocycles. The van der Waals surface area contributed by atoms with E-state index in [4.69, 9.17) is 23.1 Å². The first-order valence-electron chi connectivity index (χ1n) is 14.3. The Morgan fingerprint density at radius 3 is 2.08 bits per heavy atom. The zero-order chi connectivity index (χ0) is 27.3. The maximum absolute atomic E-state index is 7.17. The van der Waals surface area contributed by atoms with Crippen LogP contribution in [-0.4, -0.2) is 52.6 Å². The van der Waals surface area contributed by atoms with Gasteiger partial charge >= 0.3 is 0 Å². The quantitative estimate of drug-likeness (QED) is 0.240. The van der Waals surface area contributed by atoms with Crippen LogP contribution in [0.25, 0.3) is 0 Å². The van der Waals surface area contributed by atoms with Gasteiger partial charge in [-0.25, -0.2) is 0 Å². The zero-order valence-corrected chi connectivity index (χ0v) is 27.3. The van der Waals surface area contributed by atoms with Gasteiger partial charge < -0.3 is 23.1 Å². The van der Waals surface area contributed by atoms with Crippen molar-refractivity contribution in [3.63, 3.8) is 0 Å². The Bertz CT molecular complexity index is 786. The van der Waals surface area contributed by atoms with E-state index in [0.717, 1.165) is 51.4 Å². The van der Waals surface area contributed by atoms with Gasteiger partial charge in [0.05, 0.1) is 18.8 Å². The van der Waals surface area contributed by atoms with Crippen molar-refractivity contribution in [1.29, 1.82) is 0 Å². The fraction of sp³-hybridized carbons (Fsp3) is 0.931. The molecule has 0 bridgehead atoms. The molecule has 0 aromatic carbocycles. The lowest BCUT2D eigenvalue weighted by Gasteiger charge is -2.56. The largest absolute Gasteiger partial charge is 0.414 e. The lowest BCUT2D eigenvalue weighted by Crippen LogP contribution is -2.65. The number of rotatable bonds is 7. The van der Waals surface area contributed by atoms with Crippen LogP contribution in [-0.2, 0) is 23.1 Å². The molecule has 2 spiro atoms. The Morgan fingerprint density at radius 2 is 1.50 bits per heavy atom. The molecule has 3 heterocycles. The highest BCUT2D eigenvalue weighted by Crippen LogP contribution is 2.56. The van der Waals surface area contributed by atoms with Crippen LogP contribution in [0.1, 0.15) is 99.8 Å². The highest BCUT2D eigenvalue weighted by atomic mass is 28.4. The molecule has 5 nitrogen and oxygen atoms in total. The van der Waals surface area contributed by atoms with Gasteiger partial charge in [-0.15, -0.1) is 6.58 Å². The molecular formula is C29H56O5Si2. The first-order chi connectivity index (χ1) is 16.3. The van der Waals surface area contributed by atoms with Crippen molar-refractivity contribution in [3.05, 3.63) is 12.7 Å². The van der Waals surface area contributed by atoms with Gasteiger partial charge in [0.25, 0.3) is 0 Å². The van der Waals surface area contributed by atoms with Crippen molar-refractivity contribution in [3.8, 4) is 0 Å². The summed E-state index contributed by atoms with van der Waals surface area (Å²) in [4.78, 5) is 0. The summed E-state index contributed by atoms with van der Waals surface area (Å²) in [5.74, 6) is -1.41. The van der Waals surface area contributed by atoms with Gasteiger partial charge in [0.15, 0.2) is 28.2 Å². The van der Waals surface area contributed by atoms with Crippen molar-refractivity contribution in [2.45, 2.75) is 165 Å². The minimum Gasteiger partial charge on any atom is -0.414 e. The van der Waals surface area contributed by atoms with E-state index in [1.807, 2.05) is 6.08 Å². The third-order valence-corrected chi connectivity index (χ3v) is 19.0. The molecule has 0 saturated carbocycles. The molecule has 0 aromatic heterocycles. The molecule has 210 valence electrons. The highest BCUT2D eigenvalue weighted by molar-refractivity contribution is 6.74. The molecular weight excluding hydrogens is 484 g/mol. The monoisotopic (exact) mass is 540 g/mol. The van der Waals surface area contributed by atoms with E-state index in [-0.39, 0.29) is 22.3 Å². The summed E-state index contributed by atoms with van der Waals surface area (Å²) in [7, 11) is -3.90. The summed E-state index contributed by atoms with van der Waals surface area (Å²) in [5.41, 5.74) is -0.509. The summed E-state index contributed by atoms with van der Waals surface area (Å²) in [6, 6.07) is 0. The summed E-state index contributed by atoms with van der Waals surface area (Å²) >= 11 is 0. The van der Waals surface area contributed by atoms with Gasteiger partial charge in [0.1, 0.15) is 5.60 Å². The van der Waals surface area contributed by atoms with Gasteiger partial charge in [0, 0.05) is 19.3 Å². The minimum absolute atomic E-state index is 0.0585. The molecule has 0 radical (unpaired) electrons. The lowest BCUT2D eigenvalue weighted by atomic mass is 9.83. The lowest BCUT2D eigenvalue weighted by molar-refractivity contribution is -0.398. The molecule has 0 amide bonds. The predicted octanol–water partition coefficient (Wildman–Crippen LogP) is 8.32. The average molecular weight is 541 g/mol. The van der Waals surface area contributed by atoms with Crippen LogP contribution in [0.3, 0.4) is 0 Å². The Hall–Kier alpha value is -0.0262. The third-order valence-electron chi connectivity index (χ3n) is 9.91. The van der Waals surface area contributed by atoms with Crippen LogP contribution in [0.15, 0.2) is 12.7 Å². The SMILES string of the molecule is C=CC[C@H]1CC[C@](C)(O[Si](C)(C)C(C)(C)C)[C@@]2(CC[C@@]3(CCC[C@@H](CO[Si](C)(C)C(C)(C)C)O3)O2)O1. The predicted molar refractivity (Wildman–Crippen MR) is 153 cm³/mol. The fourth-order valence-electron chi connectivity index (χ4n) is 5.40. The van der Waals surface area contributed by atoms with Crippen molar-refractivity contribution < 1.29 is 23.1 Å². The van der Waals surface area contributed by atoms with Crippen LogP contribution >= 0.6 is 0 Å². The number of hydrogen-bond acceptors (Lipinski definition) is 5. The van der Waals surface area contributed by atoms with Crippen molar-refractivity contribution in [2.24, 2.45) is 0 Å². The van der Waals surface area contributed by atoms with Gasteiger partial charge in [-0.3, -0.25) is 0 Å². The maximum Gasteiger partial charge on any atom is 0.199 e. The van der Waals surface area contributed by atoms with Gasteiger partial charge in [0.2, 0.25) is 0 Å². The zero-order valence-electron chi connectivity index (χ0n) is 25.3. The van der Waals surface area contributed by atoms with E-state index < -0.39 is 33.8 Å². The van der Waals surface area contributed by atoms with Crippen LogP contribution in [0.5, 0.6) is 0 Å². The molecule has 3 aliphatic rings. The van der Waals surface area contributed by atoms with Gasteiger partial charge in [-0.05, 0) is 75.3 Å². The molecule has 3 fully saturated rings. The Balaban J connectivity index is 1.82. The van der Waals surface area contributed by atoms with Crippen molar-refractivity contribution >= 4 is 16.6 Å². The second-order valence-corrected chi connectivity index (χ2v) is 24.4. The van der Waals surface area contributed by atoms with Crippen LogP contribution in [0.2, 0.25) is 36.3 Å². The smallest absolute Gasteiger partial charge is 0.199 e. The van der Waals surface area contributed by atoms with E-state index in [1.54, 1.807) is 0 Å². The van der Waals surface area contributed by atoms with Crippen LogP contribution in [0.4, 0.5) is 0 Å². The maximum atomic E-state index is 7.17. The highest BCUT2D eigenvalue weighted by Gasteiger charge is 2.65. The van der Waals surface area contributed by atoms with Gasteiger partial charge in [-0.1, -0.05) is 47.6 Å². The summed E-state index contributed by atoms with van der Waals surface area (Å²) in [6.07, 6.45) is 9.47. The standard InChI is InChI=1S/C29H56O5Si2/c1-13-15-23-17-19-27(8,34-36(11,12)26(5,6)7)29(32-23)21-20-28(33-29)18-14-16-24(31-28)22-30-35(9,10)25(2,3)4/h13,23-24H,1,14-22H2,2-12H3/t23-,24-,27-,28+,29-/m0/s1. The number of ether oxygens (including phenoxy) is 3. The van der Waals surface area contributed by atoms with Crippen molar-refractivity contribution in [1.82, 2.24) is 0 Å². The molecule has 0 N–H and O–H groups in total. The third kappa shape index (κ3) is 6.08. The molecule has 0 aromatic rings. The summed E-state index contributed by atoms with van der Waals surface area (Å²) in [5, 5.41) is 0.297. The molecule has 3 saturated heterocycles. The topological polar surface area (TPSA) is 46.2 Å². The van der Waals surface area contributed by atoms with E-state index in [1.165, 1.54) is 0 Å². The summed E-state index contributed by atoms with van der Waals surface area (Å²) in [6.45, 7) is 29.9. The van der Waals surface area contributed by atoms with E-state index >= 15 is 0 Å². The second kappa shape index (κ2) is 10.2. The van der Waals surface area contributed by atoms with Crippen LogP contribution < -0.4 is 0 Å². The minimum atomic E-state index is -2.06. The Morgan fingerprint density at radius 1 is 0.861 bits per heavy atom. The average Bonchev–Trinajstić information content (AvgIpc) is 3.07. The fourth-order valence-corrected chi connectivity index (χ4v) is 8.13. The molecule has 7 heteroatoms. The second-order valence-electron chi connectivity index (χ2n) is 14.9. The van der Waals surface area contributed by atoms with Crippen LogP contribution in [0, 0.1) is 0 Å². The molecule has 0 unspecified atom stereocenters. The first kappa shape index (κ1) is 30.5. The van der Waals surface area contributed by atoms with E-state index in [9.17, 15) is 0 Å². The van der Waals surface area contributed by atoms with E-state index in [0.29, 0.717) is 6.61 Å². The van der Waals surface area contributed by atoms with E-state index in [2.05, 4.69) is 81.2 Å². The normalized spacial score (nSPS) is 36.5. The molecule has 3 aliphatic heterocycles. The molecule has 3 rings (SSSR count). The van der Waals surface area contributed by atoms with Crippen molar-refractivity contribution in [2.75, 3.05) is 6.61 Å². The molecule has 36 heavy (non-hydrogen) atoms. The first-order valence-corrected chi connectivity index (χ1v) is 20.1. The Kier molecular flexibility index (Phi) is 8.63. The molecule has 5 atom stereocenters.